The van der Waals surface area contributed by atoms with E-state index < -0.39 is 0 Å². The smallest absolute Gasteiger partial charge is 0.255 e. The van der Waals surface area contributed by atoms with E-state index >= 15 is 0 Å². The van der Waals surface area contributed by atoms with Crippen LogP contribution in [0.5, 0.6) is 11.5 Å². The molecule has 2 aromatic carbocycles. The van der Waals surface area contributed by atoms with Crippen LogP contribution in [0.25, 0.3) is 5.69 Å². The van der Waals surface area contributed by atoms with Crippen LogP contribution in [0.2, 0.25) is 0 Å². The van der Waals surface area contributed by atoms with Crippen LogP contribution in [-0.2, 0) is 4.74 Å². The van der Waals surface area contributed by atoms with Gasteiger partial charge in [0.05, 0.1) is 43.5 Å². The van der Waals surface area contributed by atoms with Crippen molar-refractivity contribution in [3.63, 3.8) is 0 Å². The Bertz CT molecular complexity index is 1050. The molecule has 1 saturated heterocycles. The van der Waals surface area contributed by atoms with Crippen LogP contribution in [0.4, 0.5) is 11.4 Å². The lowest BCUT2D eigenvalue weighted by Gasteiger charge is -2.31. The summed E-state index contributed by atoms with van der Waals surface area (Å²) < 4.78 is 18.7. The zero-order chi connectivity index (χ0) is 22.3. The quantitative estimate of drug-likeness (QED) is 0.572. The molecule has 1 N–H and O–H groups in total. The van der Waals surface area contributed by atoms with Crippen LogP contribution in [0.1, 0.15) is 24.2 Å². The van der Waals surface area contributed by atoms with Crippen molar-refractivity contribution in [3.05, 3.63) is 48.3 Å². The Balaban J connectivity index is 1.64. The van der Waals surface area contributed by atoms with Gasteiger partial charge < -0.3 is 24.4 Å². The fourth-order valence-corrected chi connectivity index (χ4v) is 3.51. The van der Waals surface area contributed by atoms with Crippen molar-refractivity contribution >= 4 is 17.3 Å². The maximum absolute atomic E-state index is 13.1. The number of hydrogen-bond donors (Lipinski definition) is 1. The lowest BCUT2D eigenvalue weighted by molar-refractivity contribution is 0.102. The molecule has 10 nitrogen and oxygen atoms in total. The molecule has 0 spiro atoms. The van der Waals surface area contributed by atoms with E-state index in [0.717, 1.165) is 18.8 Å². The van der Waals surface area contributed by atoms with E-state index in [1.165, 1.54) is 11.0 Å². The first-order valence-corrected chi connectivity index (χ1v) is 10.6. The van der Waals surface area contributed by atoms with E-state index in [-0.39, 0.29) is 5.91 Å². The van der Waals surface area contributed by atoms with Crippen LogP contribution in [-0.4, -0.2) is 65.6 Å². The van der Waals surface area contributed by atoms with Gasteiger partial charge >= 0.3 is 0 Å². The molecule has 1 aliphatic rings. The topological polar surface area (TPSA) is 104 Å². The summed E-state index contributed by atoms with van der Waals surface area (Å²) in [6.07, 6.45) is 1.48. The lowest BCUT2D eigenvalue weighted by Crippen LogP contribution is -2.36. The van der Waals surface area contributed by atoms with Gasteiger partial charge in [-0.2, -0.15) is 0 Å². The molecule has 0 saturated carbocycles. The van der Waals surface area contributed by atoms with Crippen LogP contribution in [0, 0.1) is 0 Å². The van der Waals surface area contributed by atoms with Gasteiger partial charge in [0, 0.05) is 30.8 Å². The first-order valence-electron chi connectivity index (χ1n) is 10.6. The van der Waals surface area contributed by atoms with Crippen molar-refractivity contribution in [2.24, 2.45) is 0 Å². The molecular weight excluding hydrogens is 412 g/mol. The average Bonchev–Trinajstić information content (AvgIpc) is 3.37. The van der Waals surface area contributed by atoms with Gasteiger partial charge in [-0.15, -0.1) is 5.10 Å². The predicted octanol–water partition coefficient (Wildman–Crippen LogP) is 2.55. The summed E-state index contributed by atoms with van der Waals surface area (Å²) in [5, 5.41) is 14.1. The fraction of sp³-hybridized carbons (Fsp3) is 0.364. The molecule has 0 radical (unpaired) electrons. The van der Waals surface area contributed by atoms with Crippen molar-refractivity contribution in [1.29, 1.82) is 0 Å². The Morgan fingerprint density at radius 1 is 1.09 bits per heavy atom. The fourth-order valence-electron chi connectivity index (χ4n) is 3.51. The summed E-state index contributed by atoms with van der Waals surface area (Å²) in [7, 11) is 0. The highest BCUT2D eigenvalue weighted by molar-refractivity contribution is 6.05. The highest BCUT2D eigenvalue weighted by Gasteiger charge is 2.21. The third-order valence-corrected chi connectivity index (χ3v) is 4.98. The summed E-state index contributed by atoms with van der Waals surface area (Å²) >= 11 is 0. The molecule has 0 atom stereocenters. The third kappa shape index (κ3) is 4.80. The number of tetrazole rings is 1. The molecule has 3 aromatic rings. The van der Waals surface area contributed by atoms with Gasteiger partial charge in [-0.25, -0.2) is 4.68 Å². The van der Waals surface area contributed by atoms with Gasteiger partial charge in [-0.1, -0.05) is 6.07 Å². The summed E-state index contributed by atoms with van der Waals surface area (Å²) in [5.41, 5.74) is 2.63. The number of nitrogens with zero attached hydrogens (tertiary/aromatic N) is 5. The van der Waals surface area contributed by atoms with E-state index in [2.05, 4.69) is 25.7 Å². The Hall–Kier alpha value is -3.66. The summed E-state index contributed by atoms with van der Waals surface area (Å²) in [4.78, 5) is 15.3. The number of aromatic nitrogens is 4. The number of benzene rings is 2. The number of nitrogens with one attached hydrogen (secondary N) is 1. The van der Waals surface area contributed by atoms with Crippen LogP contribution < -0.4 is 19.7 Å². The van der Waals surface area contributed by atoms with Crippen molar-refractivity contribution in [2.45, 2.75) is 13.8 Å². The minimum Gasteiger partial charge on any atom is -0.492 e. The number of ether oxygens (including phenoxy) is 3. The molecule has 0 unspecified atom stereocenters. The molecule has 1 aliphatic heterocycles. The van der Waals surface area contributed by atoms with Gasteiger partial charge in [0.2, 0.25) is 0 Å². The second-order valence-electron chi connectivity index (χ2n) is 7.04. The zero-order valence-electron chi connectivity index (χ0n) is 18.2. The Morgan fingerprint density at radius 3 is 2.59 bits per heavy atom. The monoisotopic (exact) mass is 438 g/mol. The molecule has 1 amide bonds. The first-order chi connectivity index (χ1) is 15.7. The molecule has 32 heavy (non-hydrogen) atoms. The second kappa shape index (κ2) is 10.1. The highest BCUT2D eigenvalue weighted by atomic mass is 16.5. The van der Waals surface area contributed by atoms with E-state index in [1.54, 1.807) is 18.2 Å². The number of hydrogen-bond acceptors (Lipinski definition) is 8. The molecular formula is C22H26N6O4. The van der Waals surface area contributed by atoms with Crippen molar-refractivity contribution in [3.8, 4) is 17.2 Å². The third-order valence-electron chi connectivity index (χ3n) is 4.98. The van der Waals surface area contributed by atoms with E-state index in [9.17, 15) is 4.79 Å². The van der Waals surface area contributed by atoms with Crippen LogP contribution >= 0.6 is 0 Å². The standard InChI is InChI=1S/C22H26N6O4/c1-3-31-20-14-19(27-8-10-30-11-9-27)21(32-4-2)13-18(20)24-22(29)16-6-5-7-17(12-16)28-15-23-25-26-28/h5-7,12-15H,3-4,8-11H2,1-2H3,(H,24,29). The largest absolute Gasteiger partial charge is 0.492 e. The van der Waals surface area contributed by atoms with E-state index in [1.807, 2.05) is 32.0 Å². The highest BCUT2D eigenvalue weighted by Crippen LogP contribution is 2.39. The van der Waals surface area contributed by atoms with Crippen LogP contribution in [0.3, 0.4) is 0 Å². The SMILES string of the molecule is CCOc1cc(N2CCOCC2)c(OCC)cc1NC(=O)c1cccc(-n2cnnn2)c1. The molecule has 168 valence electrons. The average molecular weight is 438 g/mol. The van der Waals surface area contributed by atoms with Crippen molar-refractivity contribution in [2.75, 3.05) is 49.7 Å². The number of carbonyl (C=O) groups is 1. The molecule has 1 fully saturated rings. The van der Waals surface area contributed by atoms with Crippen molar-refractivity contribution < 1.29 is 19.0 Å². The van der Waals surface area contributed by atoms with Gasteiger partial charge in [0.1, 0.15) is 17.8 Å². The number of carbonyl (C=O) groups excluding carboxylic acids is 1. The summed E-state index contributed by atoms with van der Waals surface area (Å²) in [6, 6.07) is 10.8. The molecule has 0 aliphatic carbocycles. The minimum absolute atomic E-state index is 0.276. The Kier molecular flexibility index (Phi) is 6.81. The maximum Gasteiger partial charge on any atom is 0.255 e. The van der Waals surface area contributed by atoms with Gasteiger partial charge in [0.25, 0.3) is 5.91 Å². The number of amides is 1. The second-order valence-corrected chi connectivity index (χ2v) is 7.04. The summed E-state index contributed by atoms with van der Waals surface area (Å²) in [6.45, 7) is 7.66. The molecule has 4 rings (SSSR count). The Labute approximate surface area is 186 Å². The first kappa shape index (κ1) is 21.6. The molecule has 10 heteroatoms. The lowest BCUT2D eigenvalue weighted by atomic mass is 10.1. The predicted molar refractivity (Wildman–Crippen MR) is 119 cm³/mol. The van der Waals surface area contributed by atoms with E-state index in [4.69, 9.17) is 14.2 Å². The van der Waals surface area contributed by atoms with Gasteiger partial charge in [-0.3, -0.25) is 4.79 Å². The number of anilines is 2. The van der Waals surface area contributed by atoms with Crippen LogP contribution in [0.15, 0.2) is 42.7 Å². The Morgan fingerprint density at radius 2 is 1.88 bits per heavy atom. The van der Waals surface area contributed by atoms with Gasteiger partial charge in [-0.05, 0) is 42.5 Å². The van der Waals surface area contributed by atoms with Gasteiger partial charge in [0.15, 0.2) is 0 Å². The molecule has 1 aromatic heterocycles. The molecule has 2 heterocycles. The number of morpholine rings is 1. The normalized spacial score (nSPS) is 13.6. The molecule has 0 bridgehead atoms. The van der Waals surface area contributed by atoms with E-state index in [0.29, 0.717) is 54.9 Å². The summed E-state index contributed by atoms with van der Waals surface area (Å²) in [5.74, 6) is 1.00. The maximum atomic E-state index is 13.1. The zero-order valence-corrected chi connectivity index (χ0v) is 18.2. The van der Waals surface area contributed by atoms with Crippen molar-refractivity contribution in [1.82, 2.24) is 20.2 Å². The minimum atomic E-state index is -0.276. The number of rotatable bonds is 8.